The summed E-state index contributed by atoms with van der Waals surface area (Å²) in [6, 6.07) is 19.4. The molecule has 7 nitrogen and oxygen atoms in total. The second kappa shape index (κ2) is 11.1. The fourth-order valence-electron chi connectivity index (χ4n) is 5.28. The van der Waals surface area contributed by atoms with Gasteiger partial charge in [-0.25, -0.2) is 0 Å². The molecular weight excluding hydrogens is 436 g/mol. The highest BCUT2D eigenvalue weighted by atomic mass is 16.1. The summed E-state index contributed by atoms with van der Waals surface area (Å²) in [7, 11) is 2.09. The number of aromatic nitrogens is 3. The summed E-state index contributed by atoms with van der Waals surface area (Å²) in [5.41, 5.74) is 3.84. The topological polar surface area (TPSA) is 66.3 Å². The van der Waals surface area contributed by atoms with Crippen LogP contribution in [0.4, 0.5) is 0 Å². The molecule has 2 aliphatic heterocycles. The summed E-state index contributed by atoms with van der Waals surface area (Å²) in [4.78, 5) is 17.3. The van der Waals surface area contributed by atoms with E-state index in [9.17, 15) is 4.79 Å². The van der Waals surface area contributed by atoms with Crippen molar-refractivity contribution in [2.24, 2.45) is 5.92 Å². The van der Waals surface area contributed by atoms with Crippen LogP contribution in [0.2, 0.25) is 0 Å². The van der Waals surface area contributed by atoms with Crippen LogP contribution in [0.1, 0.15) is 30.1 Å². The summed E-state index contributed by atoms with van der Waals surface area (Å²) in [5.74, 6) is 2.33. The summed E-state index contributed by atoms with van der Waals surface area (Å²) >= 11 is 0. The van der Waals surface area contributed by atoms with E-state index in [4.69, 9.17) is 0 Å². The lowest BCUT2D eigenvalue weighted by Crippen LogP contribution is -2.42. The number of amides is 1. The number of carbonyl (C=O) groups excluding carboxylic acids is 1. The predicted molar refractivity (Wildman–Crippen MR) is 138 cm³/mol. The van der Waals surface area contributed by atoms with Gasteiger partial charge in [-0.3, -0.25) is 9.69 Å². The fraction of sp³-hybridized carbons (Fsp3) is 0.464. The number of hydrogen-bond donors (Lipinski definition) is 1. The third kappa shape index (κ3) is 5.97. The normalized spacial score (nSPS) is 19.2. The molecule has 0 saturated carbocycles. The van der Waals surface area contributed by atoms with Crippen molar-refractivity contribution < 1.29 is 4.79 Å². The Morgan fingerprint density at radius 1 is 0.971 bits per heavy atom. The van der Waals surface area contributed by atoms with Gasteiger partial charge in [0.05, 0.1) is 5.92 Å². The van der Waals surface area contributed by atoms with Gasteiger partial charge in [-0.2, -0.15) is 0 Å². The van der Waals surface area contributed by atoms with Crippen LogP contribution < -0.4 is 5.32 Å². The molecule has 184 valence electrons. The first-order valence-corrected chi connectivity index (χ1v) is 12.9. The molecule has 2 aliphatic rings. The van der Waals surface area contributed by atoms with E-state index in [2.05, 4.69) is 91.5 Å². The minimum absolute atomic E-state index is 0.111. The van der Waals surface area contributed by atoms with E-state index < -0.39 is 0 Å². The molecule has 7 heteroatoms. The molecule has 1 atom stereocenters. The smallest absolute Gasteiger partial charge is 0.224 e. The number of piperidine rings is 1. The number of carbonyl (C=O) groups is 1. The standard InChI is InChI=1S/C28H36N6O/c1-32-16-5-8-25(21-32)28(35)29-15-13-26-30-31-27-14-17-33(18-19-34(26)27)20-22-9-11-24(12-10-22)23-6-3-2-4-7-23/h2-4,6-7,9-12,25H,5,8,13-21H2,1H3,(H,29,35)/t25-/m1/s1. The van der Waals surface area contributed by atoms with Crippen molar-refractivity contribution in [1.29, 1.82) is 0 Å². The van der Waals surface area contributed by atoms with Crippen molar-refractivity contribution in [1.82, 2.24) is 29.9 Å². The lowest BCUT2D eigenvalue weighted by molar-refractivity contribution is -0.126. The quantitative estimate of drug-likeness (QED) is 0.573. The Labute approximate surface area is 208 Å². The lowest BCUT2D eigenvalue weighted by Gasteiger charge is -2.28. The third-order valence-electron chi connectivity index (χ3n) is 7.31. The number of rotatable bonds is 7. The Balaban J connectivity index is 1.12. The number of likely N-dealkylation sites (tertiary alicyclic amines) is 1. The van der Waals surface area contributed by atoms with Crippen molar-refractivity contribution in [3.05, 3.63) is 71.8 Å². The molecule has 0 spiro atoms. The number of hydrogen-bond acceptors (Lipinski definition) is 5. The number of fused-ring (bicyclic) bond motifs is 1. The molecule has 0 bridgehead atoms. The predicted octanol–water partition coefficient (Wildman–Crippen LogP) is 3.00. The van der Waals surface area contributed by atoms with Crippen molar-refractivity contribution in [2.75, 3.05) is 39.8 Å². The highest BCUT2D eigenvalue weighted by molar-refractivity contribution is 5.78. The van der Waals surface area contributed by atoms with Crippen LogP contribution in [0.25, 0.3) is 11.1 Å². The van der Waals surface area contributed by atoms with Crippen LogP contribution in [0.3, 0.4) is 0 Å². The van der Waals surface area contributed by atoms with Crippen molar-refractivity contribution >= 4 is 5.91 Å². The van der Waals surface area contributed by atoms with Gasteiger partial charge in [-0.15, -0.1) is 10.2 Å². The minimum Gasteiger partial charge on any atom is -0.355 e. The van der Waals surface area contributed by atoms with Crippen LogP contribution in [-0.2, 0) is 30.7 Å². The van der Waals surface area contributed by atoms with Gasteiger partial charge in [0, 0.05) is 52.1 Å². The molecule has 1 aromatic heterocycles. The fourth-order valence-corrected chi connectivity index (χ4v) is 5.28. The monoisotopic (exact) mass is 472 g/mol. The van der Waals surface area contributed by atoms with Gasteiger partial charge in [0.2, 0.25) is 5.91 Å². The molecule has 2 aromatic carbocycles. The minimum atomic E-state index is 0.111. The van der Waals surface area contributed by atoms with Crippen LogP contribution >= 0.6 is 0 Å². The molecule has 3 aromatic rings. The van der Waals surface area contributed by atoms with Crippen molar-refractivity contribution in [2.45, 2.75) is 38.8 Å². The Kier molecular flexibility index (Phi) is 7.54. The van der Waals surface area contributed by atoms with Crippen molar-refractivity contribution in [3.63, 3.8) is 0 Å². The molecule has 5 rings (SSSR count). The zero-order chi connectivity index (χ0) is 24.0. The van der Waals surface area contributed by atoms with Gasteiger partial charge < -0.3 is 14.8 Å². The maximum atomic E-state index is 12.5. The third-order valence-corrected chi connectivity index (χ3v) is 7.31. The van der Waals surface area contributed by atoms with Crippen LogP contribution in [0.15, 0.2) is 54.6 Å². The Bertz CT molecular complexity index is 1110. The average molecular weight is 473 g/mol. The van der Waals surface area contributed by atoms with E-state index in [0.717, 1.165) is 76.6 Å². The van der Waals surface area contributed by atoms with E-state index in [0.29, 0.717) is 6.54 Å². The van der Waals surface area contributed by atoms with Gasteiger partial charge in [-0.05, 0) is 43.1 Å². The maximum Gasteiger partial charge on any atom is 0.224 e. The number of nitrogens with zero attached hydrogens (tertiary/aromatic N) is 5. The van der Waals surface area contributed by atoms with E-state index in [1.165, 1.54) is 16.7 Å². The summed E-state index contributed by atoms with van der Waals surface area (Å²) < 4.78 is 2.26. The molecule has 1 amide bonds. The molecular formula is C28H36N6O. The van der Waals surface area contributed by atoms with Crippen LogP contribution in [-0.4, -0.2) is 70.2 Å². The summed E-state index contributed by atoms with van der Waals surface area (Å²) in [5, 5.41) is 12.0. The molecule has 3 heterocycles. The molecule has 1 saturated heterocycles. The Morgan fingerprint density at radius 2 is 1.77 bits per heavy atom. The summed E-state index contributed by atoms with van der Waals surface area (Å²) in [6.07, 6.45) is 3.71. The molecule has 0 radical (unpaired) electrons. The molecule has 1 fully saturated rings. The SMILES string of the molecule is CN1CCC[C@@H](C(=O)NCCc2nnc3n2CCN(Cc2ccc(-c4ccccc4)cc2)CC3)C1. The van der Waals surface area contributed by atoms with E-state index in [1.54, 1.807) is 0 Å². The highest BCUT2D eigenvalue weighted by Crippen LogP contribution is 2.20. The first-order chi connectivity index (χ1) is 17.2. The zero-order valence-corrected chi connectivity index (χ0v) is 20.7. The molecule has 1 N–H and O–H groups in total. The first-order valence-electron chi connectivity index (χ1n) is 12.9. The van der Waals surface area contributed by atoms with Gasteiger partial charge >= 0.3 is 0 Å². The zero-order valence-electron chi connectivity index (χ0n) is 20.7. The largest absolute Gasteiger partial charge is 0.355 e. The first kappa shape index (κ1) is 23.7. The van der Waals surface area contributed by atoms with Gasteiger partial charge in [-0.1, -0.05) is 54.6 Å². The Hall–Kier alpha value is -3.03. The van der Waals surface area contributed by atoms with Gasteiger partial charge in [0.15, 0.2) is 0 Å². The Morgan fingerprint density at radius 3 is 2.57 bits per heavy atom. The lowest BCUT2D eigenvalue weighted by atomic mass is 9.97. The molecule has 0 unspecified atom stereocenters. The molecule has 0 aliphatic carbocycles. The number of nitrogens with one attached hydrogen (secondary N) is 1. The second-order valence-corrected chi connectivity index (χ2v) is 9.92. The maximum absolute atomic E-state index is 12.5. The van der Waals surface area contributed by atoms with E-state index in [1.807, 2.05) is 0 Å². The van der Waals surface area contributed by atoms with E-state index >= 15 is 0 Å². The van der Waals surface area contributed by atoms with Crippen LogP contribution in [0.5, 0.6) is 0 Å². The van der Waals surface area contributed by atoms with Gasteiger partial charge in [0.25, 0.3) is 0 Å². The average Bonchev–Trinajstić information content (AvgIpc) is 3.16. The summed E-state index contributed by atoms with van der Waals surface area (Å²) in [6.45, 7) is 6.34. The number of benzene rings is 2. The highest BCUT2D eigenvalue weighted by Gasteiger charge is 2.24. The second-order valence-electron chi connectivity index (χ2n) is 9.92. The van der Waals surface area contributed by atoms with Crippen LogP contribution in [0, 0.1) is 5.92 Å². The van der Waals surface area contributed by atoms with Gasteiger partial charge in [0.1, 0.15) is 11.6 Å². The van der Waals surface area contributed by atoms with E-state index in [-0.39, 0.29) is 11.8 Å². The van der Waals surface area contributed by atoms with Crippen molar-refractivity contribution in [3.8, 4) is 11.1 Å². The molecule has 35 heavy (non-hydrogen) atoms.